The first-order chi connectivity index (χ1) is 12.4. The van der Waals surface area contributed by atoms with Crippen LogP contribution >= 0.6 is 12.4 Å². The molecule has 6 nitrogen and oxygen atoms in total. The Morgan fingerprint density at radius 3 is 2.74 bits per heavy atom. The summed E-state index contributed by atoms with van der Waals surface area (Å²) in [6, 6.07) is 3.95. The lowest BCUT2D eigenvalue weighted by Gasteiger charge is -2.19. The van der Waals surface area contributed by atoms with Crippen LogP contribution in [0, 0.1) is 23.6 Å². The summed E-state index contributed by atoms with van der Waals surface area (Å²) in [5.41, 5.74) is 6.09. The van der Waals surface area contributed by atoms with Crippen molar-refractivity contribution in [3.63, 3.8) is 0 Å². The standard InChI is InChI=1S/C18H25FN2O4S.ClH/c19-16-7-14(2-4-18(16)25-11-12-5-6-24-10-12)26(22,23)21-8-13-1-3-17(20)15(13)9-21;/h2,4,7,12-13,15,17H,1,3,5-6,8-11,20H2;1H. The van der Waals surface area contributed by atoms with Crippen LogP contribution in [0.15, 0.2) is 23.1 Å². The molecule has 4 rings (SSSR count). The Kier molecular flexibility index (Phi) is 6.32. The zero-order valence-corrected chi connectivity index (χ0v) is 16.7. The molecule has 0 amide bonds. The molecule has 1 saturated carbocycles. The van der Waals surface area contributed by atoms with Gasteiger partial charge in [-0.25, -0.2) is 12.8 Å². The van der Waals surface area contributed by atoms with Crippen LogP contribution in [-0.2, 0) is 14.8 Å². The minimum Gasteiger partial charge on any atom is -0.490 e. The summed E-state index contributed by atoms with van der Waals surface area (Å²) in [6.45, 7) is 2.59. The Hall–Kier alpha value is -0.930. The largest absolute Gasteiger partial charge is 0.490 e. The number of hydrogen-bond acceptors (Lipinski definition) is 5. The highest BCUT2D eigenvalue weighted by Crippen LogP contribution is 2.39. The molecule has 3 aliphatic rings. The number of benzene rings is 1. The molecule has 0 aromatic heterocycles. The zero-order valence-electron chi connectivity index (χ0n) is 15.1. The Bertz CT molecular complexity index is 773. The van der Waals surface area contributed by atoms with Gasteiger partial charge in [-0.1, -0.05) is 0 Å². The van der Waals surface area contributed by atoms with Crippen molar-refractivity contribution in [1.82, 2.24) is 4.31 Å². The van der Waals surface area contributed by atoms with Gasteiger partial charge in [-0.05, 0) is 49.3 Å². The first kappa shape index (κ1) is 20.8. The molecule has 2 aliphatic heterocycles. The molecular formula is C18H26ClFN2O4S. The lowest BCUT2D eigenvalue weighted by Crippen LogP contribution is -2.33. The number of fused-ring (bicyclic) bond motifs is 1. The van der Waals surface area contributed by atoms with Gasteiger partial charge in [0, 0.05) is 31.7 Å². The minimum atomic E-state index is -3.71. The smallest absolute Gasteiger partial charge is 0.243 e. The predicted octanol–water partition coefficient (Wildman–Crippen LogP) is 2.02. The van der Waals surface area contributed by atoms with E-state index in [1.807, 2.05) is 0 Å². The van der Waals surface area contributed by atoms with Crippen molar-refractivity contribution < 1.29 is 22.3 Å². The van der Waals surface area contributed by atoms with Crippen LogP contribution in [0.3, 0.4) is 0 Å². The topological polar surface area (TPSA) is 81.9 Å². The van der Waals surface area contributed by atoms with Gasteiger partial charge in [0.2, 0.25) is 10.0 Å². The molecule has 27 heavy (non-hydrogen) atoms. The normalized spacial score (nSPS) is 30.9. The van der Waals surface area contributed by atoms with E-state index >= 15 is 0 Å². The lowest BCUT2D eigenvalue weighted by atomic mass is 9.98. The molecule has 2 N–H and O–H groups in total. The Morgan fingerprint density at radius 1 is 1.26 bits per heavy atom. The van der Waals surface area contributed by atoms with E-state index < -0.39 is 15.8 Å². The van der Waals surface area contributed by atoms with Gasteiger partial charge in [0.25, 0.3) is 0 Å². The van der Waals surface area contributed by atoms with Gasteiger partial charge < -0.3 is 15.2 Å². The Morgan fingerprint density at radius 2 is 2.07 bits per heavy atom. The maximum absolute atomic E-state index is 14.4. The Labute approximate surface area is 165 Å². The molecule has 4 unspecified atom stereocenters. The van der Waals surface area contributed by atoms with Gasteiger partial charge >= 0.3 is 0 Å². The molecule has 1 aromatic rings. The molecule has 0 bridgehead atoms. The molecular weight excluding hydrogens is 395 g/mol. The highest BCUT2D eigenvalue weighted by molar-refractivity contribution is 7.89. The van der Waals surface area contributed by atoms with Crippen LogP contribution in [0.1, 0.15) is 19.3 Å². The molecule has 9 heteroatoms. The summed E-state index contributed by atoms with van der Waals surface area (Å²) in [5.74, 6) is 0.218. The average molecular weight is 421 g/mol. The number of halogens is 2. The number of ether oxygens (including phenoxy) is 2. The Balaban J connectivity index is 0.00000210. The molecule has 1 aromatic carbocycles. The highest BCUT2D eigenvalue weighted by Gasteiger charge is 2.45. The van der Waals surface area contributed by atoms with Crippen molar-refractivity contribution >= 4 is 22.4 Å². The summed E-state index contributed by atoms with van der Waals surface area (Å²) < 4.78 is 52.3. The fourth-order valence-electron chi connectivity index (χ4n) is 4.29. The third-order valence-electron chi connectivity index (χ3n) is 5.92. The van der Waals surface area contributed by atoms with Gasteiger partial charge in [0.1, 0.15) is 0 Å². The molecule has 0 spiro atoms. The second-order valence-electron chi connectivity index (χ2n) is 7.62. The molecule has 152 valence electrons. The van der Waals surface area contributed by atoms with Crippen molar-refractivity contribution in [1.29, 1.82) is 0 Å². The van der Waals surface area contributed by atoms with E-state index in [-0.39, 0.29) is 40.9 Å². The number of sulfonamides is 1. The molecule has 2 saturated heterocycles. The highest BCUT2D eigenvalue weighted by atomic mass is 35.5. The molecule has 3 fully saturated rings. The van der Waals surface area contributed by atoms with E-state index in [4.69, 9.17) is 15.2 Å². The number of rotatable bonds is 5. The maximum atomic E-state index is 14.4. The first-order valence-corrected chi connectivity index (χ1v) is 10.6. The van der Waals surface area contributed by atoms with Gasteiger partial charge in [-0.3, -0.25) is 0 Å². The lowest BCUT2D eigenvalue weighted by molar-refractivity contribution is 0.165. The second-order valence-corrected chi connectivity index (χ2v) is 9.56. The van der Waals surface area contributed by atoms with Crippen LogP contribution in [0.5, 0.6) is 5.75 Å². The molecule has 2 heterocycles. The summed E-state index contributed by atoms with van der Waals surface area (Å²) in [5, 5.41) is 0. The third-order valence-corrected chi connectivity index (χ3v) is 7.75. The van der Waals surface area contributed by atoms with E-state index in [2.05, 4.69) is 0 Å². The van der Waals surface area contributed by atoms with Crippen LogP contribution < -0.4 is 10.5 Å². The SMILES string of the molecule is Cl.NC1CCC2CN(S(=O)(=O)c3ccc(OCC4CCOC4)c(F)c3)CC12. The van der Waals surface area contributed by atoms with Gasteiger partial charge in [-0.2, -0.15) is 4.31 Å². The quantitative estimate of drug-likeness (QED) is 0.788. The second kappa shape index (κ2) is 8.21. The first-order valence-electron chi connectivity index (χ1n) is 9.21. The van der Waals surface area contributed by atoms with E-state index in [9.17, 15) is 12.8 Å². The van der Waals surface area contributed by atoms with E-state index in [1.165, 1.54) is 16.4 Å². The van der Waals surface area contributed by atoms with Crippen LogP contribution in [-0.4, -0.2) is 51.7 Å². The predicted molar refractivity (Wildman–Crippen MR) is 101 cm³/mol. The van der Waals surface area contributed by atoms with Crippen LogP contribution in [0.4, 0.5) is 4.39 Å². The van der Waals surface area contributed by atoms with Crippen molar-refractivity contribution in [3.05, 3.63) is 24.0 Å². The fourth-order valence-corrected chi connectivity index (χ4v) is 5.84. The van der Waals surface area contributed by atoms with Crippen LogP contribution in [0.25, 0.3) is 0 Å². The summed E-state index contributed by atoms with van der Waals surface area (Å²) >= 11 is 0. The number of hydrogen-bond donors (Lipinski definition) is 1. The molecule has 4 atom stereocenters. The van der Waals surface area contributed by atoms with Crippen molar-refractivity contribution in [2.24, 2.45) is 23.5 Å². The number of nitrogens with two attached hydrogens (primary N) is 1. The summed E-state index contributed by atoms with van der Waals surface area (Å²) in [7, 11) is -3.71. The van der Waals surface area contributed by atoms with Gasteiger partial charge in [0.15, 0.2) is 11.6 Å². The molecule has 0 radical (unpaired) electrons. The third kappa shape index (κ3) is 4.10. The molecule has 1 aliphatic carbocycles. The average Bonchev–Trinajstić information content (AvgIpc) is 3.33. The summed E-state index contributed by atoms with van der Waals surface area (Å²) in [6.07, 6.45) is 2.81. The summed E-state index contributed by atoms with van der Waals surface area (Å²) in [4.78, 5) is -0.0277. The van der Waals surface area contributed by atoms with E-state index in [0.29, 0.717) is 38.8 Å². The van der Waals surface area contributed by atoms with Gasteiger partial charge in [0.05, 0.1) is 18.1 Å². The van der Waals surface area contributed by atoms with Crippen LogP contribution in [0.2, 0.25) is 0 Å². The minimum absolute atomic E-state index is 0. The van der Waals surface area contributed by atoms with Gasteiger partial charge in [-0.15, -0.1) is 12.4 Å². The van der Waals surface area contributed by atoms with Crippen molar-refractivity contribution in [3.8, 4) is 5.75 Å². The van der Waals surface area contributed by atoms with E-state index in [1.54, 1.807) is 0 Å². The number of nitrogens with zero attached hydrogens (tertiary/aromatic N) is 1. The van der Waals surface area contributed by atoms with Crippen molar-refractivity contribution in [2.45, 2.75) is 30.2 Å². The maximum Gasteiger partial charge on any atom is 0.243 e. The van der Waals surface area contributed by atoms with Crippen molar-refractivity contribution in [2.75, 3.05) is 32.9 Å². The monoisotopic (exact) mass is 420 g/mol. The van der Waals surface area contributed by atoms with E-state index in [0.717, 1.165) is 25.3 Å². The fraction of sp³-hybridized carbons (Fsp3) is 0.667. The zero-order chi connectivity index (χ0) is 18.3.